The number of aryl methyl sites for hydroxylation is 1. The average molecular weight is 221 g/mol. The fourth-order valence-electron chi connectivity index (χ4n) is 1.49. The van der Waals surface area contributed by atoms with E-state index in [2.05, 4.69) is 41.5 Å². The van der Waals surface area contributed by atoms with Gasteiger partial charge in [0.05, 0.1) is 5.69 Å². The van der Waals surface area contributed by atoms with Gasteiger partial charge in [-0.1, -0.05) is 25.9 Å². The van der Waals surface area contributed by atoms with Crippen LogP contribution in [-0.4, -0.2) is 25.4 Å². The zero-order chi connectivity index (χ0) is 11.8. The molecular formula is C10H15N5O. The third kappa shape index (κ3) is 2.10. The van der Waals surface area contributed by atoms with Crippen molar-refractivity contribution in [3.8, 4) is 0 Å². The second kappa shape index (κ2) is 3.70. The van der Waals surface area contributed by atoms with Gasteiger partial charge in [-0.05, 0) is 17.4 Å². The molecule has 6 nitrogen and oxygen atoms in total. The Kier molecular flexibility index (Phi) is 2.49. The summed E-state index contributed by atoms with van der Waals surface area (Å²) in [5, 5.41) is 15.5. The summed E-state index contributed by atoms with van der Waals surface area (Å²) in [6.45, 7) is 8.61. The topological polar surface area (TPSA) is 69.6 Å². The van der Waals surface area contributed by atoms with Crippen LogP contribution in [0.4, 0.5) is 0 Å². The van der Waals surface area contributed by atoms with Gasteiger partial charge in [-0.25, -0.2) is 4.68 Å². The molecule has 0 saturated carbocycles. The number of hydrogen-bond donors (Lipinski definition) is 0. The van der Waals surface area contributed by atoms with Crippen LogP contribution in [0.1, 0.15) is 38.0 Å². The Morgan fingerprint density at radius 2 is 2.12 bits per heavy atom. The summed E-state index contributed by atoms with van der Waals surface area (Å²) in [5.41, 5.74) is 0.777. The lowest BCUT2D eigenvalue weighted by atomic mass is 9.96. The smallest absolute Gasteiger partial charge is 0.158 e. The van der Waals surface area contributed by atoms with Gasteiger partial charge in [-0.15, -0.1) is 5.10 Å². The van der Waals surface area contributed by atoms with E-state index in [9.17, 15) is 0 Å². The first-order valence-corrected chi connectivity index (χ1v) is 5.15. The molecule has 0 aromatic carbocycles. The normalized spacial score (nSPS) is 12.0. The van der Waals surface area contributed by atoms with Crippen LogP contribution in [0.2, 0.25) is 0 Å². The van der Waals surface area contributed by atoms with Crippen LogP contribution in [0.15, 0.2) is 10.6 Å². The molecule has 0 N–H and O–H groups in total. The van der Waals surface area contributed by atoms with E-state index in [0.717, 1.165) is 17.3 Å². The molecule has 2 rings (SSSR count). The van der Waals surface area contributed by atoms with Gasteiger partial charge in [0.15, 0.2) is 11.6 Å². The maximum Gasteiger partial charge on any atom is 0.158 e. The summed E-state index contributed by atoms with van der Waals surface area (Å²) in [5.74, 6) is 1.59. The molecule has 0 saturated heterocycles. The van der Waals surface area contributed by atoms with Gasteiger partial charge in [-0.2, -0.15) is 0 Å². The van der Waals surface area contributed by atoms with Crippen LogP contribution in [0.5, 0.6) is 0 Å². The molecule has 0 unspecified atom stereocenters. The number of tetrazole rings is 1. The summed E-state index contributed by atoms with van der Waals surface area (Å²) >= 11 is 0. The Bertz CT molecular complexity index is 479. The molecule has 86 valence electrons. The van der Waals surface area contributed by atoms with Gasteiger partial charge >= 0.3 is 0 Å². The van der Waals surface area contributed by atoms with Gasteiger partial charge in [-0.3, -0.25) is 0 Å². The monoisotopic (exact) mass is 221 g/mol. The SMILES string of the molecule is Cc1cc(Cn2nnnc2C(C)(C)C)on1. The lowest BCUT2D eigenvalue weighted by molar-refractivity contribution is 0.360. The summed E-state index contributed by atoms with van der Waals surface area (Å²) in [7, 11) is 0. The van der Waals surface area contributed by atoms with E-state index in [0.29, 0.717) is 6.54 Å². The summed E-state index contributed by atoms with van der Waals surface area (Å²) < 4.78 is 6.87. The Hall–Kier alpha value is -1.72. The highest BCUT2D eigenvalue weighted by Crippen LogP contribution is 2.19. The first-order chi connectivity index (χ1) is 7.47. The number of hydrogen-bond acceptors (Lipinski definition) is 5. The molecule has 2 aromatic heterocycles. The van der Waals surface area contributed by atoms with E-state index in [1.807, 2.05) is 13.0 Å². The lowest BCUT2D eigenvalue weighted by Gasteiger charge is -2.16. The molecule has 0 aliphatic heterocycles. The van der Waals surface area contributed by atoms with Crippen molar-refractivity contribution in [3.63, 3.8) is 0 Å². The fraction of sp³-hybridized carbons (Fsp3) is 0.600. The van der Waals surface area contributed by atoms with Crippen LogP contribution < -0.4 is 0 Å². The van der Waals surface area contributed by atoms with Crippen molar-refractivity contribution >= 4 is 0 Å². The summed E-state index contributed by atoms with van der Waals surface area (Å²) in [6, 6.07) is 1.88. The minimum Gasteiger partial charge on any atom is -0.359 e. The second-order valence-electron chi connectivity index (χ2n) is 4.84. The molecule has 0 bridgehead atoms. The zero-order valence-electron chi connectivity index (χ0n) is 9.93. The van der Waals surface area contributed by atoms with Crippen LogP contribution in [0.25, 0.3) is 0 Å². The van der Waals surface area contributed by atoms with E-state index in [1.54, 1.807) is 4.68 Å². The molecule has 0 fully saturated rings. The third-order valence-corrected chi connectivity index (χ3v) is 2.19. The predicted octanol–water partition coefficient (Wildman–Crippen LogP) is 1.32. The minimum atomic E-state index is -0.0848. The highest BCUT2D eigenvalue weighted by Gasteiger charge is 2.22. The fourth-order valence-corrected chi connectivity index (χ4v) is 1.49. The molecule has 16 heavy (non-hydrogen) atoms. The Labute approximate surface area is 93.6 Å². The quantitative estimate of drug-likeness (QED) is 0.764. The van der Waals surface area contributed by atoms with E-state index in [4.69, 9.17) is 4.52 Å². The van der Waals surface area contributed by atoms with Crippen molar-refractivity contribution in [2.24, 2.45) is 0 Å². The van der Waals surface area contributed by atoms with Gasteiger partial charge in [0.25, 0.3) is 0 Å². The van der Waals surface area contributed by atoms with E-state index in [1.165, 1.54) is 0 Å². The van der Waals surface area contributed by atoms with Crippen molar-refractivity contribution in [1.29, 1.82) is 0 Å². The molecule has 0 atom stereocenters. The molecular weight excluding hydrogens is 206 g/mol. The minimum absolute atomic E-state index is 0.0848. The highest BCUT2D eigenvalue weighted by atomic mass is 16.5. The maximum absolute atomic E-state index is 5.14. The van der Waals surface area contributed by atoms with Crippen molar-refractivity contribution in [3.05, 3.63) is 23.3 Å². The summed E-state index contributed by atoms with van der Waals surface area (Å²) in [4.78, 5) is 0. The van der Waals surface area contributed by atoms with E-state index in [-0.39, 0.29) is 5.41 Å². The number of rotatable bonds is 2. The molecule has 0 aliphatic rings. The molecule has 0 aliphatic carbocycles. The Morgan fingerprint density at radius 1 is 1.38 bits per heavy atom. The van der Waals surface area contributed by atoms with Gasteiger partial charge in [0.1, 0.15) is 6.54 Å². The number of aromatic nitrogens is 5. The van der Waals surface area contributed by atoms with Gasteiger partial charge in [0, 0.05) is 11.5 Å². The Morgan fingerprint density at radius 3 is 2.69 bits per heavy atom. The number of nitrogens with zero attached hydrogens (tertiary/aromatic N) is 5. The molecule has 0 spiro atoms. The third-order valence-electron chi connectivity index (χ3n) is 2.19. The van der Waals surface area contributed by atoms with Crippen LogP contribution >= 0.6 is 0 Å². The molecule has 6 heteroatoms. The zero-order valence-corrected chi connectivity index (χ0v) is 9.93. The van der Waals surface area contributed by atoms with Gasteiger partial charge in [0.2, 0.25) is 0 Å². The van der Waals surface area contributed by atoms with Crippen LogP contribution in [0.3, 0.4) is 0 Å². The molecule has 2 aromatic rings. The molecule has 0 amide bonds. The Balaban J connectivity index is 2.25. The maximum atomic E-state index is 5.14. The van der Waals surface area contributed by atoms with Crippen molar-refractivity contribution in [2.75, 3.05) is 0 Å². The second-order valence-corrected chi connectivity index (χ2v) is 4.84. The van der Waals surface area contributed by atoms with Crippen molar-refractivity contribution in [2.45, 2.75) is 39.7 Å². The van der Waals surface area contributed by atoms with Crippen molar-refractivity contribution < 1.29 is 4.52 Å². The predicted molar refractivity (Wildman–Crippen MR) is 56.9 cm³/mol. The summed E-state index contributed by atoms with van der Waals surface area (Å²) in [6.07, 6.45) is 0. The van der Waals surface area contributed by atoms with E-state index < -0.39 is 0 Å². The molecule has 0 radical (unpaired) electrons. The van der Waals surface area contributed by atoms with Crippen LogP contribution in [-0.2, 0) is 12.0 Å². The average Bonchev–Trinajstić information content (AvgIpc) is 2.74. The molecule has 2 heterocycles. The highest BCUT2D eigenvalue weighted by molar-refractivity contribution is 5.06. The van der Waals surface area contributed by atoms with Crippen LogP contribution in [0, 0.1) is 6.92 Å². The lowest BCUT2D eigenvalue weighted by Crippen LogP contribution is -2.20. The van der Waals surface area contributed by atoms with Gasteiger partial charge < -0.3 is 4.52 Å². The first kappa shape index (κ1) is 10.8. The largest absolute Gasteiger partial charge is 0.359 e. The van der Waals surface area contributed by atoms with E-state index >= 15 is 0 Å². The first-order valence-electron chi connectivity index (χ1n) is 5.15. The van der Waals surface area contributed by atoms with Crippen molar-refractivity contribution in [1.82, 2.24) is 25.4 Å². The standard InChI is InChI=1S/C10H15N5O/c1-7-5-8(16-12-7)6-15-9(10(2,3)4)11-13-14-15/h5H,6H2,1-4H3.